The lowest BCUT2D eigenvalue weighted by Crippen LogP contribution is -2.26. The zero-order chi connectivity index (χ0) is 13.4. The standard InChI is InChI=1S/C14H17ClN2O2/c1-8(9-2-3-19-7-9)16-13-4-10-5-14(18)17-12(10)6-11(13)15/h4,6,8-9,16H,2-3,5,7H2,1H3,(H,17,18). The fraction of sp³-hybridized carbons (Fsp3) is 0.500. The molecule has 1 amide bonds. The number of fused-ring (bicyclic) bond motifs is 1. The number of halogens is 1. The number of amides is 1. The summed E-state index contributed by atoms with van der Waals surface area (Å²) < 4.78 is 5.41. The predicted octanol–water partition coefficient (Wildman–Crippen LogP) is 2.67. The Morgan fingerprint density at radius 1 is 1.53 bits per heavy atom. The number of rotatable bonds is 3. The average Bonchev–Trinajstić information content (AvgIpc) is 2.97. The molecule has 102 valence electrons. The summed E-state index contributed by atoms with van der Waals surface area (Å²) in [5.74, 6) is 0.546. The van der Waals surface area contributed by atoms with E-state index in [0.29, 0.717) is 23.4 Å². The van der Waals surface area contributed by atoms with Gasteiger partial charge in [0.05, 0.1) is 23.7 Å². The van der Waals surface area contributed by atoms with Gasteiger partial charge in [-0.3, -0.25) is 4.79 Å². The average molecular weight is 281 g/mol. The Morgan fingerprint density at radius 2 is 2.37 bits per heavy atom. The maximum absolute atomic E-state index is 11.4. The van der Waals surface area contributed by atoms with Crippen LogP contribution < -0.4 is 10.6 Å². The van der Waals surface area contributed by atoms with Crippen LogP contribution in [0.5, 0.6) is 0 Å². The van der Waals surface area contributed by atoms with Gasteiger partial charge in [0.15, 0.2) is 0 Å². The summed E-state index contributed by atoms with van der Waals surface area (Å²) in [7, 11) is 0. The third kappa shape index (κ3) is 2.55. The second-order valence-corrected chi connectivity index (χ2v) is 5.68. The van der Waals surface area contributed by atoms with E-state index in [1.54, 1.807) is 0 Å². The van der Waals surface area contributed by atoms with Crippen LogP contribution in [0.15, 0.2) is 12.1 Å². The topological polar surface area (TPSA) is 50.4 Å². The SMILES string of the molecule is CC(Nc1cc2c(cc1Cl)NC(=O)C2)C1CCOC1. The molecule has 2 unspecified atom stereocenters. The molecule has 0 bridgehead atoms. The molecule has 1 aromatic rings. The minimum absolute atomic E-state index is 0.0282. The fourth-order valence-electron chi connectivity index (χ4n) is 2.67. The first kappa shape index (κ1) is 12.8. The van der Waals surface area contributed by atoms with Crippen LogP contribution in [0.25, 0.3) is 0 Å². The van der Waals surface area contributed by atoms with Gasteiger partial charge < -0.3 is 15.4 Å². The highest BCUT2D eigenvalue weighted by molar-refractivity contribution is 6.33. The fourth-order valence-corrected chi connectivity index (χ4v) is 2.89. The maximum Gasteiger partial charge on any atom is 0.228 e. The van der Waals surface area contributed by atoms with Gasteiger partial charge in [0.25, 0.3) is 0 Å². The van der Waals surface area contributed by atoms with E-state index in [0.717, 1.165) is 36.6 Å². The summed E-state index contributed by atoms with van der Waals surface area (Å²) in [6.07, 6.45) is 1.51. The Bertz CT molecular complexity index is 512. The van der Waals surface area contributed by atoms with Crippen molar-refractivity contribution in [2.75, 3.05) is 23.8 Å². The molecule has 5 heteroatoms. The summed E-state index contributed by atoms with van der Waals surface area (Å²) >= 11 is 6.26. The number of anilines is 2. The van der Waals surface area contributed by atoms with Crippen LogP contribution >= 0.6 is 11.6 Å². The lowest BCUT2D eigenvalue weighted by Gasteiger charge is -2.21. The van der Waals surface area contributed by atoms with Gasteiger partial charge in [-0.25, -0.2) is 0 Å². The van der Waals surface area contributed by atoms with Gasteiger partial charge in [0.1, 0.15) is 0 Å². The number of nitrogens with one attached hydrogen (secondary N) is 2. The quantitative estimate of drug-likeness (QED) is 0.895. The number of hydrogen-bond acceptors (Lipinski definition) is 3. The zero-order valence-electron chi connectivity index (χ0n) is 10.8. The monoisotopic (exact) mass is 280 g/mol. The molecule has 0 saturated carbocycles. The van der Waals surface area contributed by atoms with Crippen molar-refractivity contribution in [3.63, 3.8) is 0 Å². The third-order valence-electron chi connectivity index (χ3n) is 3.87. The Hall–Kier alpha value is -1.26. The highest BCUT2D eigenvalue weighted by Gasteiger charge is 2.24. The highest BCUT2D eigenvalue weighted by Crippen LogP contribution is 2.34. The molecule has 3 rings (SSSR count). The van der Waals surface area contributed by atoms with Crippen molar-refractivity contribution in [3.05, 3.63) is 22.7 Å². The third-order valence-corrected chi connectivity index (χ3v) is 4.19. The first-order chi connectivity index (χ1) is 9.13. The van der Waals surface area contributed by atoms with Crippen LogP contribution in [0, 0.1) is 5.92 Å². The minimum Gasteiger partial charge on any atom is -0.381 e. The van der Waals surface area contributed by atoms with Crippen molar-refractivity contribution >= 4 is 28.9 Å². The Morgan fingerprint density at radius 3 is 3.11 bits per heavy atom. The van der Waals surface area contributed by atoms with E-state index in [4.69, 9.17) is 16.3 Å². The van der Waals surface area contributed by atoms with Crippen molar-refractivity contribution in [1.82, 2.24) is 0 Å². The van der Waals surface area contributed by atoms with Gasteiger partial charge in [-0.05, 0) is 31.0 Å². The van der Waals surface area contributed by atoms with Gasteiger partial charge in [-0.1, -0.05) is 11.6 Å². The predicted molar refractivity (Wildman–Crippen MR) is 75.8 cm³/mol. The lowest BCUT2D eigenvalue weighted by molar-refractivity contribution is -0.115. The lowest BCUT2D eigenvalue weighted by atomic mass is 10.00. The van der Waals surface area contributed by atoms with Crippen molar-refractivity contribution in [2.45, 2.75) is 25.8 Å². The molecule has 0 aliphatic carbocycles. The van der Waals surface area contributed by atoms with E-state index in [-0.39, 0.29) is 5.91 Å². The van der Waals surface area contributed by atoms with Crippen molar-refractivity contribution < 1.29 is 9.53 Å². The highest BCUT2D eigenvalue weighted by atomic mass is 35.5. The molecule has 0 radical (unpaired) electrons. The van der Waals surface area contributed by atoms with Crippen LogP contribution in [-0.4, -0.2) is 25.2 Å². The summed E-state index contributed by atoms with van der Waals surface area (Å²) in [4.78, 5) is 11.4. The Labute approximate surface area is 117 Å². The van der Waals surface area contributed by atoms with Crippen molar-refractivity contribution in [3.8, 4) is 0 Å². The number of ether oxygens (including phenoxy) is 1. The molecule has 1 fully saturated rings. The molecule has 4 nitrogen and oxygen atoms in total. The molecular formula is C14H17ClN2O2. The molecule has 2 heterocycles. The van der Waals surface area contributed by atoms with Gasteiger partial charge >= 0.3 is 0 Å². The molecule has 2 N–H and O–H groups in total. The first-order valence-electron chi connectivity index (χ1n) is 6.60. The van der Waals surface area contributed by atoms with Gasteiger partial charge in [-0.2, -0.15) is 0 Å². The smallest absolute Gasteiger partial charge is 0.228 e. The van der Waals surface area contributed by atoms with Crippen molar-refractivity contribution in [2.24, 2.45) is 5.92 Å². The van der Waals surface area contributed by atoms with Gasteiger partial charge in [0, 0.05) is 24.3 Å². The maximum atomic E-state index is 11.4. The van der Waals surface area contributed by atoms with Crippen LogP contribution in [0.4, 0.5) is 11.4 Å². The van der Waals surface area contributed by atoms with E-state index in [1.807, 2.05) is 12.1 Å². The van der Waals surface area contributed by atoms with Crippen LogP contribution in [0.2, 0.25) is 5.02 Å². The van der Waals surface area contributed by atoms with Crippen molar-refractivity contribution in [1.29, 1.82) is 0 Å². The number of hydrogen-bond donors (Lipinski definition) is 2. The summed E-state index contributed by atoms with van der Waals surface area (Å²) in [6.45, 7) is 3.79. The van der Waals surface area contributed by atoms with E-state index in [2.05, 4.69) is 17.6 Å². The van der Waals surface area contributed by atoms with Crippen LogP contribution in [0.1, 0.15) is 18.9 Å². The van der Waals surface area contributed by atoms with Crippen LogP contribution in [-0.2, 0) is 16.0 Å². The molecule has 2 aliphatic rings. The summed E-state index contributed by atoms with van der Waals surface area (Å²) in [5.41, 5.74) is 2.74. The van der Waals surface area contributed by atoms with E-state index < -0.39 is 0 Å². The molecule has 2 aliphatic heterocycles. The first-order valence-corrected chi connectivity index (χ1v) is 6.98. The van der Waals surface area contributed by atoms with Gasteiger partial charge in [0.2, 0.25) is 5.91 Å². The van der Waals surface area contributed by atoms with E-state index in [9.17, 15) is 4.79 Å². The Balaban J connectivity index is 1.77. The normalized spacial score (nSPS) is 23.1. The van der Waals surface area contributed by atoms with Gasteiger partial charge in [-0.15, -0.1) is 0 Å². The van der Waals surface area contributed by atoms with E-state index in [1.165, 1.54) is 0 Å². The number of carbonyl (C=O) groups is 1. The summed E-state index contributed by atoms with van der Waals surface area (Å²) in [5, 5.41) is 6.89. The number of benzene rings is 1. The molecule has 0 aromatic heterocycles. The molecule has 19 heavy (non-hydrogen) atoms. The zero-order valence-corrected chi connectivity index (χ0v) is 11.6. The number of carbonyl (C=O) groups excluding carboxylic acids is 1. The second-order valence-electron chi connectivity index (χ2n) is 5.27. The molecular weight excluding hydrogens is 264 g/mol. The molecule has 0 spiro atoms. The van der Waals surface area contributed by atoms with E-state index >= 15 is 0 Å². The largest absolute Gasteiger partial charge is 0.381 e. The summed E-state index contributed by atoms with van der Waals surface area (Å²) in [6, 6.07) is 4.10. The van der Waals surface area contributed by atoms with Crippen LogP contribution in [0.3, 0.4) is 0 Å². The molecule has 1 aromatic carbocycles. The Kier molecular flexibility index (Phi) is 3.37. The second kappa shape index (κ2) is 5.02. The molecule has 1 saturated heterocycles. The minimum atomic E-state index is 0.0282. The molecule has 2 atom stereocenters.